The lowest BCUT2D eigenvalue weighted by molar-refractivity contribution is 0.0951. The molecule has 2 aromatic carbocycles. The Morgan fingerprint density at radius 1 is 1.04 bits per heavy atom. The van der Waals surface area contributed by atoms with E-state index in [1.807, 2.05) is 65.3 Å². The van der Waals surface area contributed by atoms with Crippen molar-refractivity contribution in [2.24, 2.45) is 0 Å². The number of hydrogen-bond acceptors (Lipinski definition) is 3. The molecule has 0 unspecified atom stereocenters. The third-order valence-electron chi connectivity index (χ3n) is 4.90. The van der Waals surface area contributed by atoms with Crippen molar-refractivity contribution in [3.8, 4) is 22.5 Å². The first-order valence-corrected chi connectivity index (χ1v) is 9.56. The van der Waals surface area contributed by atoms with E-state index in [0.717, 1.165) is 41.0 Å². The molecule has 1 fully saturated rings. The fourth-order valence-corrected chi connectivity index (χ4v) is 3.43. The van der Waals surface area contributed by atoms with Crippen LogP contribution in [0.1, 0.15) is 23.2 Å². The van der Waals surface area contributed by atoms with Crippen molar-refractivity contribution in [2.45, 2.75) is 18.9 Å². The fraction of sp³-hybridized carbons (Fsp3) is 0.136. The van der Waals surface area contributed by atoms with E-state index >= 15 is 0 Å². The lowest BCUT2D eigenvalue weighted by Gasteiger charge is -2.07. The number of amides is 1. The molecule has 0 spiro atoms. The first-order valence-electron chi connectivity index (χ1n) is 9.18. The molecule has 5 nitrogen and oxygen atoms in total. The number of hydrogen-bond donors (Lipinski definition) is 1. The number of nitrogens with one attached hydrogen (secondary N) is 1. The summed E-state index contributed by atoms with van der Waals surface area (Å²) in [6.45, 7) is 0. The lowest BCUT2D eigenvalue weighted by atomic mass is 10.1. The molecule has 1 amide bonds. The summed E-state index contributed by atoms with van der Waals surface area (Å²) in [6.07, 6.45) is 7.64. The number of nitrogens with zero attached hydrogens (tertiary/aromatic N) is 3. The van der Waals surface area contributed by atoms with Crippen LogP contribution in [0.5, 0.6) is 0 Å². The first kappa shape index (κ1) is 17.0. The molecule has 0 atom stereocenters. The summed E-state index contributed by atoms with van der Waals surface area (Å²) in [5.41, 5.74) is 4.98. The summed E-state index contributed by atoms with van der Waals surface area (Å²) in [5.74, 6) is -0.0163. The van der Waals surface area contributed by atoms with Crippen LogP contribution in [0.25, 0.3) is 28.2 Å². The van der Waals surface area contributed by atoms with Crippen LogP contribution < -0.4 is 5.32 Å². The monoisotopic (exact) mass is 388 g/mol. The molecule has 2 heterocycles. The minimum Gasteiger partial charge on any atom is -0.349 e. The van der Waals surface area contributed by atoms with Crippen LogP contribution in [0.3, 0.4) is 0 Å². The summed E-state index contributed by atoms with van der Waals surface area (Å²) < 4.78 is 1.99. The molecule has 1 N–H and O–H groups in total. The van der Waals surface area contributed by atoms with Crippen molar-refractivity contribution < 1.29 is 4.79 Å². The molecule has 0 saturated heterocycles. The SMILES string of the molecule is O=C(NC1CC1)c1ccc(-c2cnc3cnc(-c4ccccc4Cl)cn23)cc1. The molecule has 6 heteroatoms. The topological polar surface area (TPSA) is 59.3 Å². The Bertz CT molecular complexity index is 1180. The Labute approximate surface area is 167 Å². The highest BCUT2D eigenvalue weighted by Gasteiger charge is 2.23. The number of halogens is 1. The van der Waals surface area contributed by atoms with E-state index < -0.39 is 0 Å². The van der Waals surface area contributed by atoms with Crippen LogP contribution in [0.2, 0.25) is 5.02 Å². The quantitative estimate of drug-likeness (QED) is 0.555. The number of fused-ring (bicyclic) bond motifs is 1. The molecular formula is C22H17ClN4O. The van der Waals surface area contributed by atoms with E-state index in [0.29, 0.717) is 16.6 Å². The number of benzene rings is 2. The maximum Gasteiger partial charge on any atom is 0.251 e. The van der Waals surface area contributed by atoms with Crippen LogP contribution in [0.4, 0.5) is 0 Å². The Balaban J connectivity index is 1.51. The van der Waals surface area contributed by atoms with Gasteiger partial charge in [0.1, 0.15) is 0 Å². The molecule has 2 aromatic heterocycles. The van der Waals surface area contributed by atoms with Crippen LogP contribution in [-0.4, -0.2) is 26.3 Å². The highest BCUT2D eigenvalue weighted by Crippen LogP contribution is 2.28. The molecule has 1 aliphatic carbocycles. The lowest BCUT2D eigenvalue weighted by Crippen LogP contribution is -2.25. The summed E-state index contributed by atoms with van der Waals surface area (Å²) in [7, 11) is 0. The Morgan fingerprint density at radius 3 is 2.57 bits per heavy atom. The van der Waals surface area contributed by atoms with Gasteiger partial charge in [-0.3, -0.25) is 14.2 Å². The Kier molecular flexibility index (Phi) is 4.10. The average Bonchev–Trinajstić information content (AvgIpc) is 3.44. The molecule has 5 rings (SSSR count). The predicted molar refractivity (Wildman–Crippen MR) is 109 cm³/mol. The fourth-order valence-electron chi connectivity index (χ4n) is 3.20. The second-order valence-electron chi connectivity index (χ2n) is 6.95. The van der Waals surface area contributed by atoms with E-state index in [2.05, 4.69) is 15.3 Å². The molecule has 4 aromatic rings. The molecular weight excluding hydrogens is 372 g/mol. The number of imidazole rings is 1. The maximum atomic E-state index is 12.2. The zero-order chi connectivity index (χ0) is 19.1. The van der Waals surface area contributed by atoms with Crippen molar-refractivity contribution in [1.29, 1.82) is 0 Å². The van der Waals surface area contributed by atoms with Gasteiger partial charge in [-0.15, -0.1) is 0 Å². The minimum atomic E-state index is -0.0163. The zero-order valence-electron chi connectivity index (χ0n) is 15.0. The number of rotatable bonds is 4. The zero-order valence-corrected chi connectivity index (χ0v) is 15.7. The third-order valence-corrected chi connectivity index (χ3v) is 5.23. The summed E-state index contributed by atoms with van der Waals surface area (Å²) in [5, 5.41) is 3.66. The molecule has 1 saturated carbocycles. The summed E-state index contributed by atoms with van der Waals surface area (Å²) in [4.78, 5) is 21.1. The number of aromatic nitrogens is 3. The normalized spacial score (nSPS) is 13.6. The Morgan fingerprint density at radius 2 is 1.82 bits per heavy atom. The van der Waals surface area contributed by atoms with Crippen LogP contribution in [0, 0.1) is 0 Å². The van der Waals surface area contributed by atoms with E-state index in [-0.39, 0.29) is 5.91 Å². The smallest absolute Gasteiger partial charge is 0.251 e. The minimum absolute atomic E-state index is 0.0163. The van der Waals surface area contributed by atoms with E-state index in [1.165, 1.54) is 0 Å². The van der Waals surface area contributed by atoms with Crippen molar-refractivity contribution >= 4 is 23.2 Å². The number of carbonyl (C=O) groups is 1. The van der Waals surface area contributed by atoms with Gasteiger partial charge in [-0.2, -0.15) is 0 Å². The summed E-state index contributed by atoms with van der Waals surface area (Å²) >= 11 is 6.33. The van der Waals surface area contributed by atoms with Gasteiger partial charge in [0.2, 0.25) is 0 Å². The highest BCUT2D eigenvalue weighted by atomic mass is 35.5. The molecule has 28 heavy (non-hydrogen) atoms. The molecule has 0 aliphatic heterocycles. The van der Waals surface area contributed by atoms with E-state index in [9.17, 15) is 4.79 Å². The van der Waals surface area contributed by atoms with Gasteiger partial charge >= 0.3 is 0 Å². The van der Waals surface area contributed by atoms with Gasteiger partial charge in [-0.05, 0) is 31.0 Å². The van der Waals surface area contributed by atoms with Gasteiger partial charge in [0.05, 0.1) is 28.8 Å². The standard InChI is InChI=1S/C22H17ClN4O/c23-18-4-2-1-3-17(18)19-13-27-20(11-25-21(27)12-24-19)14-5-7-15(8-6-14)22(28)26-16-9-10-16/h1-8,11-13,16H,9-10H2,(H,26,28). The van der Waals surface area contributed by atoms with Crippen molar-refractivity contribution in [3.63, 3.8) is 0 Å². The van der Waals surface area contributed by atoms with Gasteiger partial charge < -0.3 is 5.32 Å². The van der Waals surface area contributed by atoms with Crippen LogP contribution in [-0.2, 0) is 0 Å². The Hall–Kier alpha value is -3.18. The molecule has 0 radical (unpaired) electrons. The van der Waals surface area contributed by atoms with Crippen molar-refractivity contribution in [1.82, 2.24) is 19.7 Å². The second-order valence-corrected chi connectivity index (χ2v) is 7.36. The van der Waals surface area contributed by atoms with Crippen molar-refractivity contribution in [2.75, 3.05) is 0 Å². The number of carbonyl (C=O) groups excluding carboxylic acids is 1. The van der Waals surface area contributed by atoms with Crippen LogP contribution in [0.15, 0.2) is 67.1 Å². The van der Waals surface area contributed by atoms with E-state index in [4.69, 9.17) is 11.6 Å². The highest BCUT2D eigenvalue weighted by molar-refractivity contribution is 6.33. The van der Waals surface area contributed by atoms with Gasteiger partial charge in [0.25, 0.3) is 5.91 Å². The first-order chi connectivity index (χ1) is 13.7. The molecule has 0 bridgehead atoms. The predicted octanol–water partition coefficient (Wildman–Crippen LogP) is 4.61. The van der Waals surface area contributed by atoms with Gasteiger partial charge in [-0.25, -0.2) is 4.98 Å². The van der Waals surface area contributed by atoms with E-state index in [1.54, 1.807) is 6.20 Å². The molecule has 1 aliphatic rings. The average molecular weight is 389 g/mol. The third kappa shape index (κ3) is 3.14. The van der Waals surface area contributed by atoms with Gasteiger partial charge in [0.15, 0.2) is 5.65 Å². The van der Waals surface area contributed by atoms with Gasteiger partial charge in [0, 0.05) is 28.9 Å². The molecule has 138 valence electrons. The van der Waals surface area contributed by atoms with Gasteiger partial charge in [-0.1, -0.05) is 41.9 Å². The van der Waals surface area contributed by atoms with Crippen molar-refractivity contribution in [3.05, 3.63) is 77.7 Å². The summed E-state index contributed by atoms with van der Waals surface area (Å²) in [6, 6.07) is 15.6. The largest absolute Gasteiger partial charge is 0.349 e. The maximum absolute atomic E-state index is 12.2. The second kappa shape index (κ2) is 6.77. The van der Waals surface area contributed by atoms with Crippen LogP contribution >= 0.6 is 11.6 Å².